The summed E-state index contributed by atoms with van der Waals surface area (Å²) in [5.41, 5.74) is 3.63. The molecular formula is C17H19NO2. The van der Waals surface area contributed by atoms with Crippen LogP contribution >= 0.6 is 0 Å². The molecule has 0 spiro atoms. The molecule has 0 heterocycles. The zero-order valence-electron chi connectivity index (χ0n) is 12.1. The molecule has 0 atom stereocenters. The molecular weight excluding hydrogens is 250 g/mol. The standard InChI is InChI=1S/C17H19NO2/c1-4-13-5-8-15(9-6-13)18-17(19)14-7-10-16(20-3)12(2)11-14/h5-11H,4H2,1-3H3,(H,18,19). The lowest BCUT2D eigenvalue weighted by molar-refractivity contribution is 0.102. The van der Waals surface area contributed by atoms with E-state index in [1.54, 1.807) is 13.2 Å². The Morgan fingerprint density at radius 1 is 1.15 bits per heavy atom. The minimum Gasteiger partial charge on any atom is -0.496 e. The second-order valence-corrected chi connectivity index (χ2v) is 4.69. The molecule has 3 nitrogen and oxygen atoms in total. The number of aryl methyl sites for hydroxylation is 2. The Balaban J connectivity index is 2.12. The van der Waals surface area contributed by atoms with Crippen molar-refractivity contribution in [3.8, 4) is 5.75 Å². The van der Waals surface area contributed by atoms with E-state index in [9.17, 15) is 4.79 Å². The van der Waals surface area contributed by atoms with Crippen molar-refractivity contribution in [1.82, 2.24) is 0 Å². The summed E-state index contributed by atoms with van der Waals surface area (Å²) in [7, 11) is 1.62. The Hall–Kier alpha value is -2.29. The number of methoxy groups -OCH3 is 1. The monoisotopic (exact) mass is 269 g/mol. The molecule has 1 N–H and O–H groups in total. The lowest BCUT2D eigenvalue weighted by Gasteiger charge is -2.09. The fraction of sp³-hybridized carbons (Fsp3) is 0.235. The summed E-state index contributed by atoms with van der Waals surface area (Å²) in [6.07, 6.45) is 0.992. The van der Waals surface area contributed by atoms with E-state index in [1.165, 1.54) is 5.56 Å². The molecule has 2 aromatic rings. The molecule has 0 aliphatic carbocycles. The van der Waals surface area contributed by atoms with Crippen molar-refractivity contribution in [3.63, 3.8) is 0 Å². The van der Waals surface area contributed by atoms with Crippen molar-refractivity contribution in [2.45, 2.75) is 20.3 Å². The van der Waals surface area contributed by atoms with E-state index in [0.29, 0.717) is 5.56 Å². The van der Waals surface area contributed by atoms with Gasteiger partial charge in [-0.25, -0.2) is 0 Å². The number of carbonyl (C=O) groups excluding carboxylic acids is 1. The van der Waals surface area contributed by atoms with Gasteiger partial charge in [0.2, 0.25) is 0 Å². The van der Waals surface area contributed by atoms with Gasteiger partial charge >= 0.3 is 0 Å². The van der Waals surface area contributed by atoms with Gasteiger partial charge in [-0.15, -0.1) is 0 Å². The molecule has 20 heavy (non-hydrogen) atoms. The number of rotatable bonds is 4. The normalized spacial score (nSPS) is 10.2. The minimum atomic E-state index is -0.111. The fourth-order valence-electron chi connectivity index (χ4n) is 2.05. The average Bonchev–Trinajstić information content (AvgIpc) is 2.48. The summed E-state index contributed by atoms with van der Waals surface area (Å²) < 4.78 is 5.19. The van der Waals surface area contributed by atoms with E-state index < -0.39 is 0 Å². The zero-order valence-corrected chi connectivity index (χ0v) is 12.1. The molecule has 0 saturated carbocycles. The van der Waals surface area contributed by atoms with Gasteiger partial charge in [0.15, 0.2) is 0 Å². The molecule has 2 rings (SSSR count). The third kappa shape index (κ3) is 3.18. The van der Waals surface area contributed by atoms with E-state index in [4.69, 9.17) is 4.74 Å². The maximum Gasteiger partial charge on any atom is 0.255 e. The van der Waals surface area contributed by atoms with Gasteiger partial charge in [-0.3, -0.25) is 4.79 Å². The number of benzene rings is 2. The molecule has 2 aromatic carbocycles. The lowest BCUT2D eigenvalue weighted by atomic mass is 10.1. The number of hydrogen-bond acceptors (Lipinski definition) is 2. The third-order valence-electron chi connectivity index (χ3n) is 3.28. The van der Waals surface area contributed by atoms with Crippen LogP contribution in [0, 0.1) is 6.92 Å². The van der Waals surface area contributed by atoms with Crippen molar-refractivity contribution in [1.29, 1.82) is 0 Å². The van der Waals surface area contributed by atoms with Gasteiger partial charge in [0, 0.05) is 11.3 Å². The maximum atomic E-state index is 12.2. The van der Waals surface area contributed by atoms with Crippen LogP contribution in [0.3, 0.4) is 0 Å². The SMILES string of the molecule is CCc1ccc(NC(=O)c2ccc(OC)c(C)c2)cc1. The molecule has 0 unspecified atom stereocenters. The van der Waals surface area contributed by atoms with Gasteiger partial charge in [0.05, 0.1) is 7.11 Å². The number of carbonyl (C=O) groups is 1. The molecule has 104 valence electrons. The highest BCUT2D eigenvalue weighted by Crippen LogP contribution is 2.19. The zero-order chi connectivity index (χ0) is 14.5. The minimum absolute atomic E-state index is 0.111. The molecule has 0 radical (unpaired) electrons. The summed E-state index contributed by atoms with van der Waals surface area (Å²) in [5.74, 6) is 0.675. The average molecular weight is 269 g/mol. The summed E-state index contributed by atoms with van der Waals surface area (Å²) >= 11 is 0. The van der Waals surface area contributed by atoms with Crippen molar-refractivity contribution >= 4 is 11.6 Å². The summed E-state index contributed by atoms with van der Waals surface area (Å²) in [6.45, 7) is 4.03. The van der Waals surface area contributed by atoms with Crippen LogP contribution < -0.4 is 10.1 Å². The van der Waals surface area contributed by atoms with Gasteiger partial charge in [-0.2, -0.15) is 0 Å². The number of anilines is 1. The van der Waals surface area contributed by atoms with Crippen molar-refractivity contribution in [3.05, 3.63) is 59.2 Å². The van der Waals surface area contributed by atoms with E-state index >= 15 is 0 Å². The van der Waals surface area contributed by atoms with Crippen LogP contribution in [0.4, 0.5) is 5.69 Å². The highest BCUT2D eigenvalue weighted by atomic mass is 16.5. The van der Waals surface area contributed by atoms with Crippen LogP contribution in [-0.4, -0.2) is 13.0 Å². The van der Waals surface area contributed by atoms with E-state index in [-0.39, 0.29) is 5.91 Å². The van der Waals surface area contributed by atoms with E-state index in [2.05, 4.69) is 12.2 Å². The summed E-state index contributed by atoms with van der Waals surface area (Å²) in [6, 6.07) is 13.3. The van der Waals surface area contributed by atoms with E-state index in [1.807, 2.05) is 43.3 Å². The number of amides is 1. The van der Waals surface area contributed by atoms with E-state index in [0.717, 1.165) is 23.4 Å². The first-order chi connectivity index (χ1) is 9.63. The number of hydrogen-bond donors (Lipinski definition) is 1. The maximum absolute atomic E-state index is 12.2. The Bertz CT molecular complexity index is 603. The molecule has 0 bridgehead atoms. The first-order valence-corrected chi connectivity index (χ1v) is 6.69. The van der Waals surface area contributed by atoms with Gasteiger partial charge < -0.3 is 10.1 Å². The quantitative estimate of drug-likeness (QED) is 0.916. The van der Waals surface area contributed by atoms with Crippen LogP contribution in [0.15, 0.2) is 42.5 Å². The van der Waals surface area contributed by atoms with Gasteiger partial charge in [-0.05, 0) is 54.8 Å². The van der Waals surface area contributed by atoms with Crippen LogP contribution in [0.1, 0.15) is 28.4 Å². The topological polar surface area (TPSA) is 38.3 Å². The largest absolute Gasteiger partial charge is 0.496 e. The Labute approximate surface area is 119 Å². The first-order valence-electron chi connectivity index (χ1n) is 6.69. The van der Waals surface area contributed by atoms with Crippen LogP contribution in [-0.2, 0) is 6.42 Å². The Morgan fingerprint density at radius 3 is 2.40 bits per heavy atom. The predicted octanol–water partition coefficient (Wildman–Crippen LogP) is 3.82. The Morgan fingerprint density at radius 2 is 1.85 bits per heavy atom. The second-order valence-electron chi connectivity index (χ2n) is 4.69. The first kappa shape index (κ1) is 14.1. The fourth-order valence-corrected chi connectivity index (χ4v) is 2.05. The number of ether oxygens (including phenoxy) is 1. The summed E-state index contributed by atoms with van der Waals surface area (Å²) in [4.78, 5) is 12.2. The smallest absolute Gasteiger partial charge is 0.255 e. The van der Waals surface area contributed by atoms with Crippen LogP contribution in [0.5, 0.6) is 5.75 Å². The highest BCUT2D eigenvalue weighted by Gasteiger charge is 2.08. The molecule has 1 amide bonds. The molecule has 0 saturated heterocycles. The summed E-state index contributed by atoms with van der Waals surface area (Å²) in [5, 5.41) is 2.89. The van der Waals surface area contributed by atoms with Gasteiger partial charge in [0.25, 0.3) is 5.91 Å². The predicted molar refractivity (Wildman–Crippen MR) is 81.5 cm³/mol. The number of nitrogens with one attached hydrogen (secondary N) is 1. The third-order valence-corrected chi connectivity index (χ3v) is 3.28. The second kappa shape index (κ2) is 6.24. The Kier molecular flexibility index (Phi) is 4.41. The van der Waals surface area contributed by atoms with Gasteiger partial charge in [0.1, 0.15) is 5.75 Å². The van der Waals surface area contributed by atoms with Gasteiger partial charge in [-0.1, -0.05) is 19.1 Å². The highest BCUT2D eigenvalue weighted by molar-refractivity contribution is 6.04. The van der Waals surface area contributed by atoms with Crippen LogP contribution in [0.25, 0.3) is 0 Å². The molecule has 0 aromatic heterocycles. The van der Waals surface area contributed by atoms with Crippen LogP contribution in [0.2, 0.25) is 0 Å². The van der Waals surface area contributed by atoms with Crippen molar-refractivity contribution < 1.29 is 9.53 Å². The molecule has 0 fully saturated rings. The van der Waals surface area contributed by atoms with Crippen molar-refractivity contribution in [2.24, 2.45) is 0 Å². The molecule has 0 aliphatic heterocycles. The molecule has 0 aliphatic rings. The van der Waals surface area contributed by atoms with Crippen molar-refractivity contribution in [2.75, 3.05) is 12.4 Å². The molecule has 3 heteroatoms. The lowest BCUT2D eigenvalue weighted by Crippen LogP contribution is -2.12.